The second kappa shape index (κ2) is 12.0. The highest BCUT2D eigenvalue weighted by atomic mass is 35.5. The van der Waals surface area contributed by atoms with Crippen LogP contribution in [0, 0.1) is 0 Å². The number of fused-ring (bicyclic) bond motifs is 1. The summed E-state index contributed by atoms with van der Waals surface area (Å²) in [4.78, 5) is 28.0. The zero-order chi connectivity index (χ0) is 27.4. The summed E-state index contributed by atoms with van der Waals surface area (Å²) in [7, 11) is 0. The zero-order valence-electron chi connectivity index (χ0n) is 21.8. The second-order valence-electron chi connectivity index (χ2n) is 10.1. The molecule has 3 aromatic carbocycles. The van der Waals surface area contributed by atoms with Crippen molar-refractivity contribution in [1.82, 2.24) is 9.80 Å². The standard InChI is InChI=1S/C32H32ClN3O3/c1-2-30(37)34-28-12-13-29-24(19-28)6-7-26(31(29)23-8-10-27(33)11-9-23)21-36-16-14-35(15-17-36)20-22-4-3-5-25(18-22)32(38)39/h2-5,8-13,18-19H,1,6-7,14-17,20-21H2,(H,34,37)(H,38,39). The van der Waals surface area contributed by atoms with Crippen LogP contribution in [0.25, 0.3) is 5.57 Å². The third kappa shape index (κ3) is 6.48. The maximum Gasteiger partial charge on any atom is 0.335 e. The molecular formula is C32H32ClN3O3. The Morgan fingerprint density at radius 3 is 2.33 bits per heavy atom. The Hall–Kier alpha value is -3.71. The van der Waals surface area contributed by atoms with Gasteiger partial charge in [0.1, 0.15) is 0 Å². The molecule has 6 nitrogen and oxygen atoms in total. The van der Waals surface area contributed by atoms with Gasteiger partial charge in [-0.3, -0.25) is 14.6 Å². The lowest BCUT2D eigenvalue weighted by Crippen LogP contribution is -2.46. The quantitative estimate of drug-likeness (QED) is 0.356. The number of carboxylic acids is 1. The summed E-state index contributed by atoms with van der Waals surface area (Å²) in [6.07, 6.45) is 3.15. The molecule has 1 amide bonds. The van der Waals surface area contributed by atoms with Gasteiger partial charge in [-0.1, -0.05) is 48.5 Å². The van der Waals surface area contributed by atoms with Crippen LogP contribution in [0.15, 0.2) is 85.0 Å². The van der Waals surface area contributed by atoms with Crippen LogP contribution < -0.4 is 5.32 Å². The number of piperazine rings is 1. The molecule has 7 heteroatoms. The van der Waals surface area contributed by atoms with Crippen LogP contribution in [0.5, 0.6) is 0 Å². The molecule has 0 atom stereocenters. The van der Waals surface area contributed by atoms with E-state index in [1.165, 1.54) is 28.3 Å². The SMILES string of the molecule is C=CC(=O)Nc1ccc2c(c1)CCC(CN1CCN(Cc3cccc(C(=O)O)c3)CC1)=C2c1ccc(Cl)cc1. The Kier molecular flexibility index (Phi) is 8.27. The summed E-state index contributed by atoms with van der Waals surface area (Å²) < 4.78 is 0. The summed E-state index contributed by atoms with van der Waals surface area (Å²) >= 11 is 6.22. The van der Waals surface area contributed by atoms with Gasteiger partial charge in [0.15, 0.2) is 0 Å². The number of nitrogens with zero attached hydrogens (tertiary/aromatic N) is 2. The van der Waals surface area contributed by atoms with Gasteiger partial charge >= 0.3 is 5.97 Å². The van der Waals surface area contributed by atoms with E-state index < -0.39 is 5.97 Å². The first-order chi connectivity index (χ1) is 18.9. The number of amides is 1. The molecule has 0 radical (unpaired) electrons. The number of nitrogens with one attached hydrogen (secondary N) is 1. The number of aryl methyl sites for hydroxylation is 1. The first-order valence-electron chi connectivity index (χ1n) is 13.2. The number of carbonyl (C=O) groups excluding carboxylic acids is 1. The number of hydrogen-bond acceptors (Lipinski definition) is 4. The van der Waals surface area contributed by atoms with Crippen LogP contribution in [0.4, 0.5) is 5.69 Å². The first kappa shape index (κ1) is 26.9. The summed E-state index contributed by atoms with van der Waals surface area (Å²) in [5, 5.41) is 12.9. The Morgan fingerprint density at radius 1 is 0.923 bits per heavy atom. The summed E-state index contributed by atoms with van der Waals surface area (Å²) in [6.45, 7) is 8.97. The number of carboxylic acid groups (broad SMARTS) is 1. The minimum Gasteiger partial charge on any atom is -0.478 e. The van der Waals surface area contributed by atoms with Gasteiger partial charge in [0.05, 0.1) is 5.56 Å². The number of benzene rings is 3. The van der Waals surface area contributed by atoms with Gasteiger partial charge in [-0.15, -0.1) is 0 Å². The largest absolute Gasteiger partial charge is 0.478 e. The van der Waals surface area contributed by atoms with E-state index in [-0.39, 0.29) is 5.91 Å². The molecule has 0 spiro atoms. The third-order valence-corrected chi connectivity index (χ3v) is 7.72. The Balaban J connectivity index is 1.33. The summed E-state index contributed by atoms with van der Waals surface area (Å²) in [6, 6.07) is 21.4. The van der Waals surface area contributed by atoms with Crippen molar-refractivity contribution < 1.29 is 14.7 Å². The molecule has 1 aliphatic carbocycles. The number of hydrogen-bond donors (Lipinski definition) is 2. The van der Waals surface area contributed by atoms with E-state index in [4.69, 9.17) is 11.6 Å². The monoisotopic (exact) mass is 541 g/mol. The van der Waals surface area contributed by atoms with Crippen molar-refractivity contribution in [3.05, 3.63) is 118 Å². The summed E-state index contributed by atoms with van der Waals surface area (Å²) in [5.41, 5.74) is 8.38. The van der Waals surface area contributed by atoms with Crippen molar-refractivity contribution in [3.8, 4) is 0 Å². The van der Waals surface area contributed by atoms with Crippen LogP contribution in [0.1, 0.15) is 39.0 Å². The lowest BCUT2D eigenvalue weighted by atomic mass is 9.81. The second-order valence-corrected chi connectivity index (χ2v) is 10.5. The van der Waals surface area contributed by atoms with Gasteiger partial charge < -0.3 is 10.4 Å². The van der Waals surface area contributed by atoms with E-state index in [0.717, 1.165) is 68.9 Å². The molecule has 1 saturated heterocycles. The van der Waals surface area contributed by atoms with Crippen LogP contribution in [-0.4, -0.2) is 59.5 Å². The van der Waals surface area contributed by atoms with Crippen molar-refractivity contribution >= 4 is 34.7 Å². The summed E-state index contributed by atoms with van der Waals surface area (Å²) in [5.74, 6) is -1.10. The lowest BCUT2D eigenvalue weighted by molar-refractivity contribution is -0.111. The van der Waals surface area contributed by atoms with Gasteiger partial charge in [0.2, 0.25) is 5.91 Å². The van der Waals surface area contributed by atoms with E-state index in [9.17, 15) is 14.7 Å². The lowest BCUT2D eigenvalue weighted by Gasteiger charge is -2.36. The fraction of sp³-hybridized carbons (Fsp3) is 0.250. The number of halogens is 1. The Morgan fingerprint density at radius 2 is 1.64 bits per heavy atom. The minimum absolute atomic E-state index is 0.214. The van der Waals surface area contributed by atoms with Gasteiger partial charge in [0, 0.05) is 50.0 Å². The van der Waals surface area contributed by atoms with Gasteiger partial charge in [-0.2, -0.15) is 0 Å². The maximum absolute atomic E-state index is 11.8. The highest BCUT2D eigenvalue weighted by molar-refractivity contribution is 6.30. The first-order valence-corrected chi connectivity index (χ1v) is 13.6. The number of carbonyl (C=O) groups is 2. The van der Waals surface area contributed by atoms with E-state index in [0.29, 0.717) is 10.6 Å². The molecule has 1 aliphatic heterocycles. The van der Waals surface area contributed by atoms with Crippen molar-refractivity contribution in [3.63, 3.8) is 0 Å². The van der Waals surface area contributed by atoms with Gasteiger partial charge in [-0.25, -0.2) is 4.79 Å². The fourth-order valence-corrected chi connectivity index (χ4v) is 5.61. The predicted molar refractivity (Wildman–Crippen MR) is 156 cm³/mol. The molecule has 0 saturated carbocycles. The molecular weight excluding hydrogens is 510 g/mol. The zero-order valence-corrected chi connectivity index (χ0v) is 22.6. The number of aromatic carboxylic acids is 1. The van der Waals surface area contributed by atoms with Crippen molar-refractivity contribution in [2.75, 3.05) is 38.0 Å². The van der Waals surface area contributed by atoms with Crippen LogP contribution in [0.2, 0.25) is 5.02 Å². The Labute approximate surface area is 234 Å². The van der Waals surface area contributed by atoms with E-state index in [1.807, 2.05) is 30.3 Å². The van der Waals surface area contributed by atoms with Crippen LogP contribution >= 0.6 is 11.6 Å². The van der Waals surface area contributed by atoms with Gasteiger partial charge in [-0.05, 0) is 88.7 Å². The molecule has 1 fully saturated rings. The van der Waals surface area contributed by atoms with E-state index in [1.54, 1.807) is 12.1 Å². The third-order valence-electron chi connectivity index (χ3n) is 7.47. The highest BCUT2D eigenvalue weighted by Crippen LogP contribution is 2.38. The molecule has 39 heavy (non-hydrogen) atoms. The molecule has 0 bridgehead atoms. The predicted octanol–water partition coefficient (Wildman–Crippen LogP) is 5.73. The molecule has 200 valence electrons. The number of anilines is 1. The molecule has 2 aliphatic rings. The number of rotatable bonds is 8. The van der Waals surface area contributed by atoms with E-state index >= 15 is 0 Å². The minimum atomic E-state index is -0.891. The van der Waals surface area contributed by atoms with E-state index in [2.05, 4.69) is 46.0 Å². The molecule has 0 unspecified atom stereocenters. The normalized spacial score (nSPS) is 16.0. The smallest absolute Gasteiger partial charge is 0.335 e. The Bertz CT molecular complexity index is 1420. The van der Waals surface area contributed by atoms with Crippen molar-refractivity contribution in [2.45, 2.75) is 19.4 Å². The molecule has 0 aromatic heterocycles. The highest BCUT2D eigenvalue weighted by Gasteiger charge is 2.24. The van der Waals surface area contributed by atoms with Crippen molar-refractivity contribution in [2.24, 2.45) is 0 Å². The van der Waals surface area contributed by atoms with Gasteiger partial charge in [0.25, 0.3) is 0 Å². The van der Waals surface area contributed by atoms with Crippen LogP contribution in [-0.2, 0) is 17.8 Å². The molecule has 5 rings (SSSR count). The average Bonchev–Trinajstić information content (AvgIpc) is 2.94. The molecule has 2 N–H and O–H groups in total. The maximum atomic E-state index is 11.8. The average molecular weight is 542 g/mol. The van der Waals surface area contributed by atoms with Crippen LogP contribution in [0.3, 0.4) is 0 Å². The molecule has 1 heterocycles. The molecule has 3 aromatic rings. The fourth-order valence-electron chi connectivity index (χ4n) is 5.49. The topological polar surface area (TPSA) is 72.9 Å². The van der Waals surface area contributed by atoms with Crippen molar-refractivity contribution in [1.29, 1.82) is 0 Å².